The third-order valence-electron chi connectivity index (χ3n) is 3.97. The van der Waals surface area contributed by atoms with Gasteiger partial charge >= 0.3 is 5.97 Å². The molecule has 0 spiro atoms. The SMILES string of the molecule is Cc1nn(C)c(C)c1C(C)N(C)C(C)(C)C(=O)O. The minimum Gasteiger partial charge on any atom is -0.480 e. The molecule has 1 heterocycles. The zero-order valence-electron chi connectivity index (χ0n) is 12.3. The molecule has 0 aliphatic carbocycles. The minimum atomic E-state index is -0.909. The molecule has 1 atom stereocenters. The van der Waals surface area contributed by atoms with Gasteiger partial charge in [-0.3, -0.25) is 14.4 Å². The number of rotatable bonds is 4. The van der Waals surface area contributed by atoms with Gasteiger partial charge in [-0.25, -0.2) is 0 Å². The number of hydrogen-bond acceptors (Lipinski definition) is 3. The average molecular weight is 253 g/mol. The van der Waals surface area contributed by atoms with Crippen molar-refractivity contribution in [3.63, 3.8) is 0 Å². The molecule has 0 amide bonds. The van der Waals surface area contributed by atoms with Gasteiger partial charge in [0.15, 0.2) is 0 Å². The molecule has 1 N–H and O–H groups in total. The molecule has 0 saturated carbocycles. The molecular formula is C13H23N3O2. The van der Waals surface area contributed by atoms with Crippen molar-refractivity contribution in [1.82, 2.24) is 14.7 Å². The maximum absolute atomic E-state index is 11.3. The van der Waals surface area contributed by atoms with Crippen LogP contribution in [0.25, 0.3) is 0 Å². The van der Waals surface area contributed by atoms with Crippen LogP contribution in [0.15, 0.2) is 0 Å². The molecule has 102 valence electrons. The number of carboxylic acid groups (broad SMARTS) is 1. The van der Waals surface area contributed by atoms with Gasteiger partial charge in [0, 0.05) is 24.3 Å². The summed E-state index contributed by atoms with van der Waals surface area (Å²) in [6.07, 6.45) is 0. The van der Waals surface area contributed by atoms with E-state index in [2.05, 4.69) is 5.10 Å². The fourth-order valence-electron chi connectivity index (χ4n) is 2.22. The van der Waals surface area contributed by atoms with Crippen LogP contribution in [0.2, 0.25) is 0 Å². The Morgan fingerprint density at radius 3 is 2.28 bits per heavy atom. The molecule has 0 aliphatic heterocycles. The smallest absolute Gasteiger partial charge is 0.323 e. The molecule has 0 bridgehead atoms. The lowest BCUT2D eigenvalue weighted by molar-refractivity contribution is -0.149. The van der Waals surface area contributed by atoms with Crippen molar-refractivity contribution in [2.75, 3.05) is 7.05 Å². The van der Waals surface area contributed by atoms with Gasteiger partial charge in [0.1, 0.15) is 5.54 Å². The number of aryl methyl sites for hydroxylation is 2. The topological polar surface area (TPSA) is 58.4 Å². The van der Waals surface area contributed by atoms with Crippen molar-refractivity contribution >= 4 is 5.97 Å². The van der Waals surface area contributed by atoms with Crippen LogP contribution >= 0.6 is 0 Å². The lowest BCUT2D eigenvalue weighted by Gasteiger charge is -2.36. The Bertz CT molecular complexity index is 463. The predicted molar refractivity (Wildman–Crippen MR) is 70.6 cm³/mol. The second-order valence-corrected chi connectivity index (χ2v) is 5.36. The fraction of sp³-hybridized carbons (Fsp3) is 0.692. The first-order valence-electron chi connectivity index (χ1n) is 6.07. The van der Waals surface area contributed by atoms with Crippen LogP contribution in [0.3, 0.4) is 0 Å². The van der Waals surface area contributed by atoms with Gasteiger partial charge in [0.2, 0.25) is 0 Å². The van der Waals surface area contributed by atoms with E-state index in [9.17, 15) is 9.90 Å². The van der Waals surface area contributed by atoms with E-state index in [4.69, 9.17) is 0 Å². The van der Waals surface area contributed by atoms with Crippen LogP contribution in [0.5, 0.6) is 0 Å². The van der Waals surface area contributed by atoms with Crippen LogP contribution in [-0.2, 0) is 11.8 Å². The summed E-state index contributed by atoms with van der Waals surface area (Å²) in [5.74, 6) is -0.823. The first-order chi connectivity index (χ1) is 8.10. The molecule has 1 aromatic rings. The maximum Gasteiger partial charge on any atom is 0.323 e. The van der Waals surface area contributed by atoms with Crippen molar-refractivity contribution in [3.8, 4) is 0 Å². The van der Waals surface area contributed by atoms with Gasteiger partial charge in [-0.2, -0.15) is 5.10 Å². The predicted octanol–water partition coefficient (Wildman–Crippen LogP) is 1.89. The zero-order chi connectivity index (χ0) is 14.2. The minimum absolute atomic E-state index is 0.00444. The monoisotopic (exact) mass is 253 g/mol. The van der Waals surface area contributed by atoms with Gasteiger partial charge in [0.05, 0.1) is 5.69 Å². The Hall–Kier alpha value is -1.36. The van der Waals surface area contributed by atoms with Crippen LogP contribution in [-0.4, -0.2) is 38.3 Å². The summed E-state index contributed by atoms with van der Waals surface area (Å²) < 4.78 is 1.84. The van der Waals surface area contributed by atoms with E-state index < -0.39 is 11.5 Å². The highest BCUT2D eigenvalue weighted by Crippen LogP contribution is 2.30. The van der Waals surface area contributed by atoms with Gasteiger partial charge in [-0.15, -0.1) is 0 Å². The van der Waals surface area contributed by atoms with Crippen LogP contribution in [0.1, 0.15) is 43.8 Å². The van der Waals surface area contributed by atoms with Gasteiger partial charge in [-0.05, 0) is 41.7 Å². The Kier molecular flexibility index (Phi) is 3.86. The van der Waals surface area contributed by atoms with Crippen molar-refractivity contribution in [2.45, 2.75) is 46.2 Å². The first kappa shape index (κ1) is 14.7. The summed E-state index contributed by atoms with van der Waals surface area (Å²) in [4.78, 5) is 13.2. The van der Waals surface area contributed by atoms with Gasteiger partial charge in [-0.1, -0.05) is 0 Å². The van der Waals surface area contributed by atoms with Gasteiger partial charge in [0.25, 0.3) is 0 Å². The Balaban J connectivity index is 3.15. The maximum atomic E-state index is 11.3. The molecule has 0 saturated heterocycles. The highest BCUT2D eigenvalue weighted by atomic mass is 16.4. The number of aliphatic carboxylic acids is 1. The third-order valence-corrected chi connectivity index (χ3v) is 3.97. The van der Waals surface area contributed by atoms with Crippen molar-refractivity contribution in [1.29, 1.82) is 0 Å². The first-order valence-corrected chi connectivity index (χ1v) is 6.07. The summed E-state index contributed by atoms with van der Waals surface area (Å²) in [5, 5.41) is 13.7. The quantitative estimate of drug-likeness (QED) is 0.890. The molecule has 1 aromatic heterocycles. The number of carbonyl (C=O) groups is 1. The molecule has 0 radical (unpaired) electrons. The Morgan fingerprint density at radius 1 is 1.44 bits per heavy atom. The number of hydrogen-bond donors (Lipinski definition) is 1. The Labute approximate surface area is 108 Å². The molecular weight excluding hydrogens is 230 g/mol. The highest BCUT2D eigenvalue weighted by molar-refractivity contribution is 5.77. The Morgan fingerprint density at radius 2 is 1.94 bits per heavy atom. The van der Waals surface area contributed by atoms with E-state index in [1.807, 2.05) is 44.4 Å². The summed E-state index contributed by atoms with van der Waals surface area (Å²) >= 11 is 0. The summed E-state index contributed by atoms with van der Waals surface area (Å²) in [6, 6.07) is 0.00444. The van der Waals surface area contributed by atoms with E-state index in [0.29, 0.717) is 0 Å². The van der Waals surface area contributed by atoms with E-state index in [-0.39, 0.29) is 6.04 Å². The molecule has 1 rings (SSSR count). The third kappa shape index (κ3) is 2.27. The zero-order valence-corrected chi connectivity index (χ0v) is 12.3. The summed E-state index contributed by atoms with van der Waals surface area (Å²) in [5.41, 5.74) is 2.23. The van der Waals surface area contributed by atoms with Crippen molar-refractivity contribution in [2.24, 2.45) is 7.05 Å². The standard InChI is InChI=1S/C13H23N3O2/c1-8-11(10(3)16(7)14-8)9(2)15(6)13(4,5)12(17)18/h9H,1-7H3,(H,17,18). The molecule has 18 heavy (non-hydrogen) atoms. The average Bonchev–Trinajstić information content (AvgIpc) is 2.51. The number of carboxylic acids is 1. The van der Waals surface area contributed by atoms with Crippen LogP contribution in [0, 0.1) is 13.8 Å². The molecule has 5 heteroatoms. The molecule has 5 nitrogen and oxygen atoms in total. The molecule has 1 unspecified atom stereocenters. The lowest BCUT2D eigenvalue weighted by Crippen LogP contribution is -2.49. The van der Waals surface area contributed by atoms with E-state index >= 15 is 0 Å². The summed E-state index contributed by atoms with van der Waals surface area (Å²) in [6.45, 7) is 9.41. The second-order valence-electron chi connectivity index (χ2n) is 5.36. The summed E-state index contributed by atoms with van der Waals surface area (Å²) in [7, 11) is 3.74. The number of nitrogens with zero attached hydrogens (tertiary/aromatic N) is 3. The molecule has 0 fully saturated rings. The number of aromatic nitrogens is 2. The van der Waals surface area contributed by atoms with E-state index in [0.717, 1.165) is 17.0 Å². The van der Waals surface area contributed by atoms with E-state index in [1.54, 1.807) is 13.8 Å². The number of likely N-dealkylation sites (N-methyl/N-ethyl adjacent to an activating group) is 1. The van der Waals surface area contributed by atoms with Gasteiger partial charge < -0.3 is 5.11 Å². The van der Waals surface area contributed by atoms with Crippen LogP contribution < -0.4 is 0 Å². The normalized spacial score (nSPS) is 14.0. The largest absolute Gasteiger partial charge is 0.480 e. The fourth-order valence-corrected chi connectivity index (χ4v) is 2.22. The van der Waals surface area contributed by atoms with E-state index in [1.165, 1.54) is 0 Å². The lowest BCUT2D eigenvalue weighted by atomic mass is 9.97. The van der Waals surface area contributed by atoms with Crippen molar-refractivity contribution in [3.05, 3.63) is 17.0 Å². The highest BCUT2D eigenvalue weighted by Gasteiger charge is 2.36. The molecule has 0 aliphatic rings. The molecule has 0 aromatic carbocycles. The van der Waals surface area contributed by atoms with Crippen molar-refractivity contribution < 1.29 is 9.90 Å². The second kappa shape index (κ2) is 4.72. The van der Waals surface area contributed by atoms with Crippen LogP contribution in [0.4, 0.5) is 0 Å².